The summed E-state index contributed by atoms with van der Waals surface area (Å²) < 4.78 is 32.9. The van der Waals surface area contributed by atoms with Crippen molar-refractivity contribution in [1.82, 2.24) is 15.2 Å². The molecule has 0 aliphatic carbocycles. The molecule has 0 bridgehead atoms. The number of sulfonamides is 1. The Balaban J connectivity index is 1.79. The number of nitrogens with zero attached hydrogens (tertiary/aromatic N) is 3. The van der Waals surface area contributed by atoms with E-state index in [2.05, 4.69) is 15.2 Å². The molecule has 9 heteroatoms. The Bertz CT molecular complexity index is 1020. The third kappa shape index (κ3) is 2.82. The molecule has 134 valence electrons. The maximum atomic E-state index is 13.2. The topological polar surface area (TPSA) is 88.2 Å². The highest BCUT2D eigenvalue weighted by Crippen LogP contribution is 2.42. The maximum absolute atomic E-state index is 13.2. The van der Waals surface area contributed by atoms with E-state index in [1.807, 2.05) is 0 Å². The summed E-state index contributed by atoms with van der Waals surface area (Å²) in [6, 6.07) is 6.41. The van der Waals surface area contributed by atoms with E-state index >= 15 is 0 Å². The Labute approximate surface area is 155 Å². The monoisotopic (exact) mass is 388 g/mol. The second kappa shape index (κ2) is 6.65. The smallest absolute Gasteiger partial charge is 0.264 e. The molecule has 1 N–H and O–H groups in total. The molecule has 1 aliphatic heterocycles. The van der Waals surface area contributed by atoms with Gasteiger partial charge in [0.15, 0.2) is 0 Å². The van der Waals surface area contributed by atoms with E-state index in [-0.39, 0.29) is 4.90 Å². The highest BCUT2D eigenvalue weighted by molar-refractivity contribution is 8.00. The average molecular weight is 388 g/mol. The molecule has 0 atom stereocenters. The number of aromatic nitrogens is 3. The van der Waals surface area contributed by atoms with Crippen LogP contribution >= 0.6 is 11.8 Å². The number of methoxy groups -OCH3 is 1. The number of anilines is 1. The minimum absolute atomic E-state index is 0.227. The van der Waals surface area contributed by atoms with E-state index in [9.17, 15) is 8.42 Å². The van der Waals surface area contributed by atoms with Gasteiger partial charge in [0.25, 0.3) is 10.0 Å². The second-order valence-electron chi connectivity index (χ2n) is 5.62. The third-order valence-corrected chi connectivity index (χ3v) is 7.08. The number of nitrogens with one attached hydrogen (secondary N) is 1. The number of aromatic amines is 1. The number of thioether (sulfide) groups is 1. The van der Waals surface area contributed by atoms with E-state index < -0.39 is 10.0 Å². The van der Waals surface area contributed by atoms with Crippen LogP contribution in [0.25, 0.3) is 11.1 Å². The van der Waals surface area contributed by atoms with E-state index in [1.54, 1.807) is 67.9 Å². The van der Waals surface area contributed by atoms with Crippen molar-refractivity contribution in [3.8, 4) is 16.9 Å². The molecule has 0 unspecified atom stereocenters. The zero-order valence-electron chi connectivity index (χ0n) is 13.9. The molecule has 0 saturated carbocycles. The highest BCUT2D eigenvalue weighted by Gasteiger charge is 2.31. The third-order valence-electron chi connectivity index (χ3n) is 4.14. The Kier molecular flexibility index (Phi) is 4.33. The molecule has 4 rings (SSSR count). The van der Waals surface area contributed by atoms with Crippen molar-refractivity contribution in [3.63, 3.8) is 0 Å². The van der Waals surface area contributed by atoms with Crippen LogP contribution in [0, 0.1) is 0 Å². The van der Waals surface area contributed by atoms with E-state index in [1.165, 1.54) is 4.31 Å². The van der Waals surface area contributed by atoms with Crippen LogP contribution in [-0.4, -0.2) is 43.0 Å². The summed E-state index contributed by atoms with van der Waals surface area (Å²) in [4.78, 5) is 5.38. The molecule has 2 aromatic heterocycles. The number of hydrogen-bond acceptors (Lipinski definition) is 6. The minimum Gasteiger partial charge on any atom is -0.497 e. The predicted octanol–water partition coefficient (Wildman–Crippen LogP) is 2.78. The van der Waals surface area contributed by atoms with Gasteiger partial charge in [-0.05, 0) is 24.3 Å². The van der Waals surface area contributed by atoms with E-state index in [4.69, 9.17) is 4.74 Å². The van der Waals surface area contributed by atoms with E-state index in [0.29, 0.717) is 23.7 Å². The Hall–Kier alpha value is -2.52. The van der Waals surface area contributed by atoms with Crippen molar-refractivity contribution < 1.29 is 13.2 Å². The number of fused-ring (bicyclic) bond motifs is 1. The van der Waals surface area contributed by atoms with Gasteiger partial charge in [0.1, 0.15) is 5.75 Å². The Morgan fingerprint density at radius 3 is 2.69 bits per heavy atom. The lowest BCUT2D eigenvalue weighted by Crippen LogP contribution is -2.35. The van der Waals surface area contributed by atoms with Gasteiger partial charge in [-0.3, -0.25) is 14.4 Å². The van der Waals surface area contributed by atoms with Gasteiger partial charge in [-0.2, -0.15) is 5.10 Å². The molecular formula is C17H16N4O3S2. The van der Waals surface area contributed by atoms with Gasteiger partial charge in [0.2, 0.25) is 0 Å². The first-order valence-corrected chi connectivity index (χ1v) is 10.3. The van der Waals surface area contributed by atoms with Gasteiger partial charge in [-0.25, -0.2) is 8.42 Å². The van der Waals surface area contributed by atoms with Crippen LogP contribution in [0.2, 0.25) is 0 Å². The molecule has 26 heavy (non-hydrogen) atoms. The number of hydrogen-bond donors (Lipinski definition) is 1. The average Bonchev–Trinajstić information content (AvgIpc) is 3.21. The minimum atomic E-state index is -3.68. The summed E-state index contributed by atoms with van der Waals surface area (Å²) in [6.45, 7) is 0.391. The molecule has 0 amide bonds. The van der Waals surface area contributed by atoms with Crippen molar-refractivity contribution in [2.24, 2.45) is 0 Å². The fourth-order valence-electron chi connectivity index (χ4n) is 2.85. The SMILES string of the molecule is COc1ccc(S(=O)(=O)N2CCSc3c(-c4cn[nH]c4)cncc32)cc1. The largest absolute Gasteiger partial charge is 0.497 e. The summed E-state index contributed by atoms with van der Waals surface area (Å²) >= 11 is 1.63. The quantitative estimate of drug-likeness (QED) is 0.739. The van der Waals surface area contributed by atoms with Crippen LogP contribution in [0.15, 0.2) is 58.8 Å². The Morgan fingerprint density at radius 1 is 1.19 bits per heavy atom. The molecule has 3 aromatic rings. The van der Waals surface area contributed by atoms with Crippen LogP contribution < -0.4 is 9.04 Å². The zero-order chi connectivity index (χ0) is 18.1. The van der Waals surface area contributed by atoms with Crippen molar-refractivity contribution in [1.29, 1.82) is 0 Å². The van der Waals surface area contributed by atoms with Gasteiger partial charge in [-0.1, -0.05) is 0 Å². The van der Waals surface area contributed by atoms with Gasteiger partial charge < -0.3 is 4.74 Å². The second-order valence-corrected chi connectivity index (χ2v) is 8.59. The number of H-pyrrole nitrogens is 1. The first kappa shape index (κ1) is 16.9. The molecule has 1 aromatic carbocycles. The summed E-state index contributed by atoms with van der Waals surface area (Å²) in [7, 11) is -2.14. The lowest BCUT2D eigenvalue weighted by atomic mass is 10.1. The number of rotatable bonds is 4. The molecule has 1 aliphatic rings. The molecule has 7 nitrogen and oxygen atoms in total. The normalized spacial score (nSPS) is 14.1. The fraction of sp³-hybridized carbons (Fsp3) is 0.176. The van der Waals surface area contributed by atoms with Gasteiger partial charge >= 0.3 is 0 Å². The molecule has 0 spiro atoms. The van der Waals surface area contributed by atoms with Crippen molar-refractivity contribution in [3.05, 3.63) is 49.1 Å². The van der Waals surface area contributed by atoms with Crippen LogP contribution in [0.1, 0.15) is 0 Å². The molecule has 0 fully saturated rings. The molecule has 0 radical (unpaired) electrons. The van der Waals surface area contributed by atoms with Crippen LogP contribution in [0.4, 0.5) is 5.69 Å². The molecule has 0 saturated heterocycles. The van der Waals surface area contributed by atoms with Crippen LogP contribution in [-0.2, 0) is 10.0 Å². The highest BCUT2D eigenvalue weighted by atomic mass is 32.2. The lowest BCUT2D eigenvalue weighted by molar-refractivity contribution is 0.414. The summed E-state index contributed by atoms with van der Waals surface area (Å²) in [5, 5.41) is 6.76. The first-order valence-electron chi connectivity index (χ1n) is 7.88. The number of ether oxygens (including phenoxy) is 1. The van der Waals surface area contributed by atoms with Crippen molar-refractivity contribution >= 4 is 27.5 Å². The zero-order valence-corrected chi connectivity index (χ0v) is 15.5. The lowest BCUT2D eigenvalue weighted by Gasteiger charge is -2.30. The van der Waals surface area contributed by atoms with Crippen molar-refractivity contribution in [2.75, 3.05) is 23.7 Å². The maximum Gasteiger partial charge on any atom is 0.264 e. The van der Waals surface area contributed by atoms with E-state index in [0.717, 1.165) is 16.0 Å². The van der Waals surface area contributed by atoms with Crippen LogP contribution in [0.3, 0.4) is 0 Å². The Morgan fingerprint density at radius 2 is 2.00 bits per heavy atom. The van der Waals surface area contributed by atoms with Crippen molar-refractivity contribution in [2.45, 2.75) is 9.79 Å². The standard InChI is InChI=1S/C17H16N4O3S2/c1-24-13-2-4-14(5-3-13)26(22,23)21-6-7-25-17-15(10-18-11-16(17)21)12-8-19-20-9-12/h2-5,8-11H,6-7H2,1H3,(H,19,20). The fourth-order valence-corrected chi connectivity index (χ4v) is 5.60. The number of pyridine rings is 1. The molecular weight excluding hydrogens is 372 g/mol. The first-order chi connectivity index (χ1) is 12.6. The number of benzene rings is 1. The van der Waals surface area contributed by atoms with Gasteiger partial charge in [0.05, 0.1) is 30.1 Å². The molecule has 3 heterocycles. The van der Waals surface area contributed by atoms with Gasteiger partial charge in [0, 0.05) is 40.7 Å². The summed E-state index contributed by atoms with van der Waals surface area (Å²) in [5.41, 5.74) is 2.34. The summed E-state index contributed by atoms with van der Waals surface area (Å²) in [6.07, 6.45) is 6.82. The van der Waals surface area contributed by atoms with Crippen LogP contribution in [0.5, 0.6) is 5.75 Å². The van der Waals surface area contributed by atoms with Gasteiger partial charge in [-0.15, -0.1) is 11.8 Å². The summed E-state index contributed by atoms with van der Waals surface area (Å²) in [5.74, 6) is 1.28. The predicted molar refractivity (Wildman–Crippen MR) is 100 cm³/mol.